The van der Waals surface area contributed by atoms with Crippen molar-refractivity contribution in [3.8, 4) is 0 Å². The molecule has 4 rings (SSSR count). The molecule has 1 atom stereocenters. The van der Waals surface area contributed by atoms with Crippen LogP contribution in [0, 0.1) is 17.5 Å². The van der Waals surface area contributed by atoms with Gasteiger partial charge in [-0.3, -0.25) is 4.79 Å². The Morgan fingerprint density at radius 2 is 1.71 bits per heavy atom. The molecule has 2 heterocycles. The number of rotatable bonds is 7. The number of benzene rings is 2. The van der Waals surface area contributed by atoms with Crippen LogP contribution in [0.25, 0.3) is 0 Å². The van der Waals surface area contributed by atoms with Gasteiger partial charge in [-0.2, -0.15) is 13.2 Å². The molecular formula is C23H21F6N5O. The van der Waals surface area contributed by atoms with Crippen molar-refractivity contribution >= 4 is 5.91 Å². The molecule has 2 aromatic carbocycles. The molecule has 1 unspecified atom stereocenters. The quantitative estimate of drug-likeness (QED) is 0.398. The minimum Gasteiger partial charge on any atom is -0.333 e. The Kier molecular flexibility index (Phi) is 7.10. The number of nitrogens with one attached hydrogen (secondary N) is 1. The number of aromatic nitrogens is 3. The van der Waals surface area contributed by atoms with Gasteiger partial charge in [0.15, 0.2) is 17.5 Å². The molecule has 35 heavy (non-hydrogen) atoms. The lowest BCUT2D eigenvalue weighted by Gasteiger charge is -2.30. The highest BCUT2D eigenvalue weighted by Crippen LogP contribution is 2.29. The van der Waals surface area contributed by atoms with E-state index in [2.05, 4.69) is 15.5 Å². The van der Waals surface area contributed by atoms with Crippen LogP contribution in [0.2, 0.25) is 0 Å². The number of nitrogens with zero attached hydrogens (tertiary/aromatic N) is 4. The Hall–Kier alpha value is -3.41. The summed E-state index contributed by atoms with van der Waals surface area (Å²) in [5.41, 5.74) is 0.789. The first kappa shape index (κ1) is 24.7. The van der Waals surface area contributed by atoms with Gasteiger partial charge >= 0.3 is 6.18 Å². The van der Waals surface area contributed by atoms with E-state index in [-0.39, 0.29) is 43.9 Å². The second kappa shape index (κ2) is 10.1. The van der Waals surface area contributed by atoms with Gasteiger partial charge in [0.2, 0.25) is 11.7 Å². The Labute approximate surface area is 196 Å². The lowest BCUT2D eigenvalue weighted by Crippen LogP contribution is -2.43. The molecule has 1 aromatic heterocycles. The average molecular weight is 497 g/mol. The second-order valence-electron chi connectivity index (χ2n) is 8.23. The van der Waals surface area contributed by atoms with Gasteiger partial charge in [0, 0.05) is 38.2 Å². The summed E-state index contributed by atoms with van der Waals surface area (Å²) in [4.78, 5) is 14.4. The zero-order chi connectivity index (χ0) is 25.2. The van der Waals surface area contributed by atoms with Crippen molar-refractivity contribution in [2.24, 2.45) is 0 Å². The Balaban J connectivity index is 1.48. The lowest BCUT2D eigenvalue weighted by atomic mass is 10.0. The first-order chi connectivity index (χ1) is 16.6. The van der Waals surface area contributed by atoms with Gasteiger partial charge in [-0.05, 0) is 23.6 Å². The highest BCUT2D eigenvalue weighted by Gasteiger charge is 2.40. The van der Waals surface area contributed by atoms with Gasteiger partial charge in [-0.15, -0.1) is 10.2 Å². The summed E-state index contributed by atoms with van der Waals surface area (Å²) in [7, 11) is 0. The van der Waals surface area contributed by atoms with Crippen LogP contribution in [0.4, 0.5) is 26.3 Å². The number of halogens is 6. The fraction of sp³-hybridized carbons (Fsp3) is 0.348. The maximum atomic E-state index is 14.3. The molecule has 3 aromatic rings. The molecule has 0 fully saturated rings. The van der Waals surface area contributed by atoms with Gasteiger partial charge in [-0.1, -0.05) is 30.3 Å². The standard InChI is InChI=1S/C23H21F6N5O/c24-17-11-19(26)18(25)9-15(17)8-16(30-12-14-4-2-1-3-5-14)10-21(35)33-6-7-34-20(13-33)31-32-22(34)23(27,28)29/h1-5,9,11,16,30H,6-8,10,12-13H2. The zero-order valence-corrected chi connectivity index (χ0v) is 18.3. The summed E-state index contributed by atoms with van der Waals surface area (Å²) >= 11 is 0. The van der Waals surface area contributed by atoms with Crippen molar-refractivity contribution in [1.82, 2.24) is 25.0 Å². The maximum absolute atomic E-state index is 14.3. The monoisotopic (exact) mass is 497 g/mol. The molecule has 0 spiro atoms. The molecule has 6 nitrogen and oxygen atoms in total. The maximum Gasteiger partial charge on any atom is 0.451 e. The van der Waals surface area contributed by atoms with E-state index in [0.717, 1.165) is 16.2 Å². The van der Waals surface area contributed by atoms with Crippen LogP contribution < -0.4 is 5.32 Å². The van der Waals surface area contributed by atoms with Gasteiger partial charge < -0.3 is 14.8 Å². The van der Waals surface area contributed by atoms with Crippen molar-refractivity contribution < 1.29 is 31.1 Å². The predicted octanol–water partition coefficient (Wildman–Crippen LogP) is 3.85. The Bertz CT molecular complexity index is 1200. The van der Waals surface area contributed by atoms with Crippen molar-refractivity contribution in [3.05, 3.63) is 82.7 Å². The first-order valence-corrected chi connectivity index (χ1v) is 10.8. The van der Waals surface area contributed by atoms with Crippen LogP contribution in [-0.2, 0) is 37.0 Å². The normalized spacial score (nSPS) is 14.6. The third kappa shape index (κ3) is 5.81. The zero-order valence-electron chi connectivity index (χ0n) is 18.3. The van der Waals surface area contributed by atoms with Crippen LogP contribution in [0.15, 0.2) is 42.5 Å². The molecule has 12 heteroatoms. The highest BCUT2D eigenvalue weighted by atomic mass is 19.4. The number of alkyl halides is 3. The van der Waals surface area contributed by atoms with E-state index in [1.807, 2.05) is 30.3 Å². The van der Waals surface area contributed by atoms with Gasteiger partial charge in [0.1, 0.15) is 5.82 Å². The highest BCUT2D eigenvalue weighted by molar-refractivity contribution is 5.77. The van der Waals surface area contributed by atoms with E-state index in [9.17, 15) is 31.1 Å². The predicted molar refractivity (Wildman–Crippen MR) is 112 cm³/mol. The van der Waals surface area contributed by atoms with Crippen molar-refractivity contribution in [3.63, 3.8) is 0 Å². The number of carbonyl (C=O) groups is 1. The van der Waals surface area contributed by atoms with Crippen LogP contribution in [0.5, 0.6) is 0 Å². The molecule has 1 aliphatic rings. The topological polar surface area (TPSA) is 63.1 Å². The van der Waals surface area contributed by atoms with Crippen molar-refractivity contribution in [1.29, 1.82) is 0 Å². The Morgan fingerprint density at radius 1 is 1.00 bits per heavy atom. The molecule has 1 N–H and O–H groups in total. The molecule has 0 radical (unpaired) electrons. The summed E-state index contributed by atoms with van der Waals surface area (Å²) in [6.07, 6.45) is -4.91. The molecule has 0 saturated heterocycles. The third-order valence-electron chi connectivity index (χ3n) is 5.77. The fourth-order valence-electron chi connectivity index (χ4n) is 3.98. The smallest absolute Gasteiger partial charge is 0.333 e. The largest absolute Gasteiger partial charge is 0.451 e. The summed E-state index contributed by atoms with van der Waals surface area (Å²) in [5.74, 6) is -4.96. The number of hydrogen-bond acceptors (Lipinski definition) is 4. The van der Waals surface area contributed by atoms with E-state index >= 15 is 0 Å². The summed E-state index contributed by atoms with van der Waals surface area (Å²) in [6, 6.07) is 9.73. The Morgan fingerprint density at radius 3 is 2.43 bits per heavy atom. The summed E-state index contributed by atoms with van der Waals surface area (Å²) in [5, 5.41) is 9.91. The van der Waals surface area contributed by atoms with Crippen LogP contribution in [0.1, 0.15) is 29.2 Å². The van der Waals surface area contributed by atoms with E-state index in [1.54, 1.807) is 0 Å². The van der Waals surface area contributed by atoms with E-state index in [1.165, 1.54) is 4.90 Å². The van der Waals surface area contributed by atoms with Crippen LogP contribution in [-0.4, -0.2) is 38.2 Å². The number of fused-ring (bicyclic) bond motifs is 1. The first-order valence-electron chi connectivity index (χ1n) is 10.8. The van der Waals surface area contributed by atoms with Crippen LogP contribution in [0.3, 0.4) is 0 Å². The van der Waals surface area contributed by atoms with Crippen molar-refractivity contribution in [2.75, 3.05) is 6.54 Å². The number of hydrogen-bond donors (Lipinski definition) is 1. The van der Waals surface area contributed by atoms with Gasteiger partial charge in [0.05, 0.1) is 6.54 Å². The average Bonchev–Trinajstić information content (AvgIpc) is 3.25. The summed E-state index contributed by atoms with van der Waals surface area (Å²) < 4.78 is 81.4. The minimum absolute atomic E-state index is 0.0115. The van der Waals surface area contributed by atoms with Gasteiger partial charge in [-0.25, -0.2) is 13.2 Å². The SMILES string of the molecule is O=C(CC(Cc1cc(F)c(F)cc1F)NCc1ccccc1)N1CCn2c(nnc2C(F)(F)F)C1. The minimum atomic E-state index is -4.65. The molecular weight excluding hydrogens is 476 g/mol. The molecule has 0 bridgehead atoms. The molecule has 1 aliphatic heterocycles. The van der Waals surface area contributed by atoms with Gasteiger partial charge in [0.25, 0.3) is 0 Å². The van der Waals surface area contributed by atoms with E-state index in [0.29, 0.717) is 12.6 Å². The molecule has 0 saturated carbocycles. The fourth-order valence-corrected chi connectivity index (χ4v) is 3.98. The summed E-state index contributed by atoms with van der Waals surface area (Å²) in [6.45, 7) is 0.0565. The molecule has 186 valence electrons. The number of amides is 1. The second-order valence-corrected chi connectivity index (χ2v) is 8.23. The van der Waals surface area contributed by atoms with E-state index < -0.39 is 41.4 Å². The number of carbonyl (C=O) groups excluding carboxylic acids is 1. The third-order valence-corrected chi connectivity index (χ3v) is 5.77. The van der Waals surface area contributed by atoms with Crippen LogP contribution >= 0.6 is 0 Å². The molecule has 1 amide bonds. The lowest BCUT2D eigenvalue weighted by molar-refractivity contribution is -0.148. The van der Waals surface area contributed by atoms with E-state index in [4.69, 9.17) is 0 Å². The van der Waals surface area contributed by atoms with Crippen molar-refractivity contribution in [2.45, 2.75) is 44.7 Å². The molecule has 0 aliphatic carbocycles.